The summed E-state index contributed by atoms with van der Waals surface area (Å²) in [5.74, 6) is 0.0626. The van der Waals surface area contributed by atoms with E-state index < -0.39 is 6.10 Å². The van der Waals surface area contributed by atoms with E-state index in [0.717, 1.165) is 10.9 Å². The largest absolute Gasteiger partial charge is 0.388 e. The Bertz CT molecular complexity index is 611. The summed E-state index contributed by atoms with van der Waals surface area (Å²) in [6.07, 6.45) is 1.00. The van der Waals surface area contributed by atoms with E-state index in [-0.39, 0.29) is 5.82 Å². The fraction of sp³-hybridized carbons (Fsp3) is 0.250. The van der Waals surface area contributed by atoms with Gasteiger partial charge in [-0.2, -0.15) is 0 Å². The Morgan fingerprint density at radius 1 is 1.26 bits per heavy atom. The molecule has 1 nitrogen and oxygen atoms in total. The second kappa shape index (κ2) is 5.06. The van der Waals surface area contributed by atoms with Gasteiger partial charge in [0.25, 0.3) is 0 Å². The number of fused-ring (bicyclic) bond motifs is 1. The average molecular weight is 321 g/mol. The molecule has 2 aromatic rings. The van der Waals surface area contributed by atoms with Gasteiger partial charge in [-0.05, 0) is 53.6 Å². The summed E-state index contributed by atoms with van der Waals surface area (Å²) in [6, 6.07) is 12.7. The van der Waals surface area contributed by atoms with Gasteiger partial charge in [-0.15, -0.1) is 0 Å². The molecule has 0 saturated carbocycles. The maximum Gasteiger partial charge on any atom is 0.123 e. The van der Waals surface area contributed by atoms with Crippen LogP contribution in [0.1, 0.15) is 35.1 Å². The van der Waals surface area contributed by atoms with Crippen molar-refractivity contribution in [2.75, 3.05) is 0 Å². The van der Waals surface area contributed by atoms with Gasteiger partial charge in [0.05, 0.1) is 6.10 Å². The zero-order chi connectivity index (χ0) is 13.4. The third-order valence-corrected chi connectivity index (χ3v) is 4.51. The average Bonchev–Trinajstić information content (AvgIpc) is 2.38. The maximum absolute atomic E-state index is 13.2. The number of aliphatic hydroxyl groups excluding tert-OH is 1. The van der Waals surface area contributed by atoms with E-state index in [1.54, 1.807) is 6.07 Å². The van der Waals surface area contributed by atoms with Crippen LogP contribution in [0.25, 0.3) is 0 Å². The molecule has 0 aliphatic heterocycles. The van der Waals surface area contributed by atoms with E-state index in [1.165, 1.54) is 23.3 Å². The summed E-state index contributed by atoms with van der Waals surface area (Å²) in [5.41, 5.74) is 3.30. The molecule has 1 N–H and O–H groups in total. The minimum absolute atomic E-state index is 0.314. The van der Waals surface area contributed by atoms with E-state index in [9.17, 15) is 9.50 Å². The van der Waals surface area contributed by atoms with Crippen molar-refractivity contribution >= 4 is 15.9 Å². The summed E-state index contributed by atoms with van der Waals surface area (Å²) in [6.45, 7) is 0. The van der Waals surface area contributed by atoms with Crippen molar-refractivity contribution in [3.8, 4) is 0 Å². The van der Waals surface area contributed by atoms with Gasteiger partial charge >= 0.3 is 0 Å². The highest BCUT2D eigenvalue weighted by atomic mass is 79.9. The molecule has 0 fully saturated rings. The van der Waals surface area contributed by atoms with Gasteiger partial charge in [0.1, 0.15) is 5.82 Å². The fourth-order valence-electron chi connectivity index (χ4n) is 2.74. The number of halogens is 2. The Morgan fingerprint density at radius 2 is 2.05 bits per heavy atom. The Labute approximate surface area is 120 Å². The first-order valence-electron chi connectivity index (χ1n) is 6.36. The molecule has 1 aliphatic rings. The molecule has 0 aromatic heterocycles. The predicted molar refractivity (Wildman–Crippen MR) is 76.6 cm³/mol. The lowest BCUT2D eigenvalue weighted by Crippen LogP contribution is -2.19. The number of aliphatic hydroxyl groups is 1. The molecular formula is C16H14BrFO. The Morgan fingerprint density at radius 3 is 2.84 bits per heavy atom. The van der Waals surface area contributed by atoms with Gasteiger partial charge in [-0.1, -0.05) is 40.2 Å². The van der Waals surface area contributed by atoms with Gasteiger partial charge in [-0.25, -0.2) is 4.39 Å². The van der Waals surface area contributed by atoms with Crippen molar-refractivity contribution in [1.29, 1.82) is 0 Å². The predicted octanol–water partition coefficient (Wildman–Crippen LogP) is 4.35. The molecule has 1 aliphatic carbocycles. The van der Waals surface area contributed by atoms with Crippen LogP contribution in [-0.4, -0.2) is 5.11 Å². The van der Waals surface area contributed by atoms with Gasteiger partial charge in [-0.3, -0.25) is 0 Å². The Hall–Kier alpha value is -1.19. The molecule has 3 heteroatoms. The minimum atomic E-state index is -0.636. The SMILES string of the molecule is OC(CC1Cc2ccccc21)c1cc(F)ccc1Br. The van der Waals surface area contributed by atoms with Crippen LogP contribution in [0.4, 0.5) is 4.39 Å². The smallest absolute Gasteiger partial charge is 0.123 e. The molecule has 0 spiro atoms. The van der Waals surface area contributed by atoms with Crippen molar-refractivity contribution in [2.24, 2.45) is 0 Å². The fourth-order valence-corrected chi connectivity index (χ4v) is 3.25. The van der Waals surface area contributed by atoms with E-state index in [4.69, 9.17) is 0 Å². The third-order valence-electron chi connectivity index (χ3n) is 3.79. The molecule has 0 saturated heterocycles. The standard InChI is InChI=1S/C16H14BrFO/c17-15-6-5-12(18)9-14(15)16(19)8-11-7-10-3-1-2-4-13(10)11/h1-6,9,11,16,19H,7-8H2. The molecule has 3 rings (SSSR count). The van der Waals surface area contributed by atoms with E-state index >= 15 is 0 Å². The maximum atomic E-state index is 13.2. The molecule has 0 amide bonds. The lowest BCUT2D eigenvalue weighted by atomic mass is 9.74. The molecular weight excluding hydrogens is 307 g/mol. The van der Waals surface area contributed by atoms with Crippen LogP contribution in [-0.2, 0) is 6.42 Å². The molecule has 0 bridgehead atoms. The Balaban J connectivity index is 1.76. The molecule has 0 heterocycles. The van der Waals surface area contributed by atoms with Crippen LogP contribution in [0.5, 0.6) is 0 Å². The highest BCUT2D eigenvalue weighted by Gasteiger charge is 2.28. The molecule has 2 atom stereocenters. The quantitative estimate of drug-likeness (QED) is 0.891. The summed E-state index contributed by atoms with van der Waals surface area (Å²) in [5, 5.41) is 10.3. The monoisotopic (exact) mass is 320 g/mol. The molecule has 2 aromatic carbocycles. The first kappa shape index (κ1) is 12.8. The number of hydrogen-bond acceptors (Lipinski definition) is 1. The van der Waals surface area contributed by atoms with Crippen LogP contribution in [0.15, 0.2) is 46.9 Å². The van der Waals surface area contributed by atoms with Gasteiger partial charge < -0.3 is 5.11 Å². The molecule has 19 heavy (non-hydrogen) atoms. The van der Waals surface area contributed by atoms with Gasteiger partial charge in [0, 0.05) is 4.47 Å². The highest BCUT2D eigenvalue weighted by molar-refractivity contribution is 9.10. The summed E-state index contributed by atoms with van der Waals surface area (Å²) in [7, 11) is 0. The van der Waals surface area contributed by atoms with Gasteiger partial charge in [0.2, 0.25) is 0 Å². The number of benzene rings is 2. The van der Waals surface area contributed by atoms with Crippen molar-refractivity contribution in [3.63, 3.8) is 0 Å². The topological polar surface area (TPSA) is 20.2 Å². The van der Waals surface area contributed by atoms with Crippen LogP contribution < -0.4 is 0 Å². The van der Waals surface area contributed by atoms with Gasteiger partial charge in [0.15, 0.2) is 0 Å². The highest BCUT2D eigenvalue weighted by Crippen LogP contribution is 2.41. The zero-order valence-electron chi connectivity index (χ0n) is 10.3. The number of rotatable bonds is 3. The summed E-state index contributed by atoms with van der Waals surface area (Å²) >= 11 is 3.37. The summed E-state index contributed by atoms with van der Waals surface area (Å²) < 4.78 is 14.0. The van der Waals surface area contributed by atoms with Crippen molar-refractivity contribution in [3.05, 3.63) is 69.4 Å². The third kappa shape index (κ3) is 2.45. The first-order valence-corrected chi connectivity index (χ1v) is 7.15. The summed E-state index contributed by atoms with van der Waals surface area (Å²) in [4.78, 5) is 0. The molecule has 2 unspecified atom stereocenters. The van der Waals surface area contributed by atoms with Crippen molar-refractivity contribution in [1.82, 2.24) is 0 Å². The lowest BCUT2D eigenvalue weighted by Gasteiger charge is -2.32. The zero-order valence-corrected chi connectivity index (χ0v) is 11.9. The molecule has 0 radical (unpaired) electrons. The second-order valence-corrected chi connectivity index (χ2v) is 5.87. The van der Waals surface area contributed by atoms with Crippen LogP contribution in [0.2, 0.25) is 0 Å². The minimum Gasteiger partial charge on any atom is -0.388 e. The van der Waals surface area contributed by atoms with Crippen LogP contribution in [0.3, 0.4) is 0 Å². The lowest BCUT2D eigenvalue weighted by molar-refractivity contribution is 0.152. The first-order chi connectivity index (χ1) is 9.15. The molecule has 98 valence electrons. The second-order valence-electron chi connectivity index (χ2n) is 5.02. The normalized spacial score (nSPS) is 18.6. The van der Waals surface area contributed by atoms with E-state index in [0.29, 0.717) is 17.9 Å². The van der Waals surface area contributed by atoms with Crippen LogP contribution >= 0.6 is 15.9 Å². The van der Waals surface area contributed by atoms with E-state index in [2.05, 4.69) is 28.1 Å². The van der Waals surface area contributed by atoms with Crippen LogP contribution in [0, 0.1) is 5.82 Å². The van der Waals surface area contributed by atoms with Crippen molar-refractivity contribution in [2.45, 2.75) is 24.9 Å². The Kier molecular flexibility index (Phi) is 3.42. The van der Waals surface area contributed by atoms with E-state index in [1.807, 2.05) is 12.1 Å². The number of hydrogen-bond donors (Lipinski definition) is 1. The van der Waals surface area contributed by atoms with Crippen molar-refractivity contribution < 1.29 is 9.50 Å².